The van der Waals surface area contributed by atoms with Crippen molar-refractivity contribution in [2.75, 3.05) is 12.8 Å². The maximum atomic E-state index is 6.09. The summed E-state index contributed by atoms with van der Waals surface area (Å²) in [6.07, 6.45) is 3.42. The van der Waals surface area contributed by atoms with E-state index in [1.165, 1.54) is 6.42 Å². The Morgan fingerprint density at radius 2 is 2.20 bits per heavy atom. The van der Waals surface area contributed by atoms with E-state index >= 15 is 0 Å². The van der Waals surface area contributed by atoms with Crippen molar-refractivity contribution < 1.29 is 4.74 Å². The van der Waals surface area contributed by atoms with E-state index in [9.17, 15) is 0 Å². The lowest BCUT2D eigenvalue weighted by molar-refractivity contribution is 0.413. The highest BCUT2D eigenvalue weighted by atomic mass is 16.5. The minimum atomic E-state index is 0.347. The number of ether oxygens (including phenoxy) is 1. The van der Waals surface area contributed by atoms with E-state index < -0.39 is 0 Å². The number of nitrogen functional groups attached to an aromatic ring is 1. The standard InChI is InChI=1S/C14H19N5O/c1-9-6-7-10(8-9)19-14(16-17-18-19)13-11(15)4-3-5-12(13)20-2/h3-5,9-10H,6-8,15H2,1-2H3. The third-order valence-corrected chi connectivity index (χ3v) is 4.01. The first kappa shape index (κ1) is 12.9. The number of methoxy groups -OCH3 is 1. The van der Waals surface area contributed by atoms with Crippen LogP contribution in [0.2, 0.25) is 0 Å². The van der Waals surface area contributed by atoms with Gasteiger partial charge in [-0.05, 0) is 47.7 Å². The van der Waals surface area contributed by atoms with Gasteiger partial charge in [-0.1, -0.05) is 13.0 Å². The Morgan fingerprint density at radius 3 is 2.90 bits per heavy atom. The van der Waals surface area contributed by atoms with E-state index in [-0.39, 0.29) is 0 Å². The molecule has 3 rings (SSSR count). The fourth-order valence-corrected chi connectivity index (χ4v) is 2.96. The predicted octanol–water partition coefficient (Wildman–Crippen LogP) is 2.29. The molecule has 1 aliphatic carbocycles. The summed E-state index contributed by atoms with van der Waals surface area (Å²) in [5, 5.41) is 12.2. The first-order valence-corrected chi connectivity index (χ1v) is 6.91. The lowest BCUT2D eigenvalue weighted by Crippen LogP contribution is -2.10. The van der Waals surface area contributed by atoms with Gasteiger partial charge in [0.2, 0.25) is 0 Å². The molecule has 1 fully saturated rings. The van der Waals surface area contributed by atoms with Crippen molar-refractivity contribution in [3.63, 3.8) is 0 Å². The molecule has 1 saturated carbocycles. The number of hydrogen-bond acceptors (Lipinski definition) is 5. The molecule has 0 amide bonds. The SMILES string of the molecule is COc1cccc(N)c1-c1nnnn1C1CCC(C)C1. The zero-order chi connectivity index (χ0) is 14.1. The summed E-state index contributed by atoms with van der Waals surface area (Å²) < 4.78 is 7.30. The van der Waals surface area contributed by atoms with Crippen molar-refractivity contribution in [1.29, 1.82) is 0 Å². The zero-order valence-electron chi connectivity index (χ0n) is 11.8. The molecule has 6 heteroatoms. The van der Waals surface area contributed by atoms with Crippen LogP contribution in [-0.4, -0.2) is 27.3 Å². The average Bonchev–Trinajstić information content (AvgIpc) is 3.06. The third-order valence-electron chi connectivity index (χ3n) is 4.01. The predicted molar refractivity (Wildman–Crippen MR) is 76.3 cm³/mol. The fraction of sp³-hybridized carbons (Fsp3) is 0.500. The summed E-state index contributed by atoms with van der Waals surface area (Å²) in [6, 6.07) is 5.93. The number of anilines is 1. The van der Waals surface area contributed by atoms with Crippen LogP contribution in [0.25, 0.3) is 11.4 Å². The molecule has 1 aliphatic rings. The second-order valence-electron chi connectivity index (χ2n) is 5.44. The van der Waals surface area contributed by atoms with Gasteiger partial charge in [-0.25, -0.2) is 4.68 Å². The number of hydrogen-bond donors (Lipinski definition) is 1. The number of benzene rings is 1. The highest BCUT2D eigenvalue weighted by Gasteiger charge is 2.28. The summed E-state index contributed by atoms with van der Waals surface area (Å²) in [7, 11) is 1.63. The van der Waals surface area contributed by atoms with Crippen molar-refractivity contribution in [1.82, 2.24) is 20.2 Å². The van der Waals surface area contributed by atoms with E-state index in [4.69, 9.17) is 10.5 Å². The lowest BCUT2D eigenvalue weighted by Gasteiger charge is -2.15. The summed E-state index contributed by atoms with van der Waals surface area (Å²) in [5.74, 6) is 2.11. The van der Waals surface area contributed by atoms with E-state index in [0.717, 1.165) is 18.4 Å². The second-order valence-corrected chi connectivity index (χ2v) is 5.44. The Balaban J connectivity index is 2.06. The van der Waals surface area contributed by atoms with Crippen molar-refractivity contribution in [3.8, 4) is 17.1 Å². The Labute approximate surface area is 117 Å². The van der Waals surface area contributed by atoms with Gasteiger partial charge in [0.1, 0.15) is 5.75 Å². The van der Waals surface area contributed by atoms with E-state index in [0.29, 0.717) is 29.2 Å². The van der Waals surface area contributed by atoms with Gasteiger partial charge in [-0.2, -0.15) is 0 Å². The molecule has 2 unspecified atom stereocenters. The molecule has 1 heterocycles. The van der Waals surface area contributed by atoms with Gasteiger partial charge in [-0.15, -0.1) is 5.10 Å². The molecule has 0 radical (unpaired) electrons. The Hall–Kier alpha value is -2.11. The lowest BCUT2D eigenvalue weighted by atomic mass is 10.1. The normalized spacial score (nSPS) is 22.1. The summed E-state index contributed by atoms with van der Waals surface area (Å²) >= 11 is 0. The van der Waals surface area contributed by atoms with Gasteiger partial charge in [0.25, 0.3) is 0 Å². The Bertz CT molecular complexity index is 609. The van der Waals surface area contributed by atoms with Gasteiger partial charge in [-0.3, -0.25) is 0 Å². The quantitative estimate of drug-likeness (QED) is 0.868. The summed E-state index contributed by atoms with van der Waals surface area (Å²) in [4.78, 5) is 0. The monoisotopic (exact) mass is 273 g/mol. The van der Waals surface area contributed by atoms with Crippen LogP contribution in [0.5, 0.6) is 5.75 Å². The summed E-state index contributed by atoms with van der Waals surface area (Å²) in [5.41, 5.74) is 7.50. The molecule has 6 nitrogen and oxygen atoms in total. The van der Waals surface area contributed by atoms with E-state index in [1.54, 1.807) is 7.11 Å². The van der Waals surface area contributed by atoms with Gasteiger partial charge in [0.05, 0.1) is 18.7 Å². The maximum Gasteiger partial charge on any atom is 0.188 e. The molecule has 2 atom stereocenters. The Kier molecular flexibility index (Phi) is 3.30. The van der Waals surface area contributed by atoms with Crippen molar-refractivity contribution in [2.45, 2.75) is 32.2 Å². The largest absolute Gasteiger partial charge is 0.496 e. The molecule has 1 aromatic heterocycles. The minimum absolute atomic E-state index is 0.347. The van der Waals surface area contributed by atoms with Crippen LogP contribution in [0.15, 0.2) is 18.2 Å². The molecule has 106 valence electrons. The summed E-state index contributed by atoms with van der Waals surface area (Å²) in [6.45, 7) is 2.27. The van der Waals surface area contributed by atoms with Crippen LogP contribution in [-0.2, 0) is 0 Å². The molecule has 1 aromatic carbocycles. The third kappa shape index (κ3) is 2.11. The van der Waals surface area contributed by atoms with Gasteiger partial charge in [0, 0.05) is 5.69 Å². The highest BCUT2D eigenvalue weighted by molar-refractivity contribution is 5.77. The van der Waals surface area contributed by atoms with Gasteiger partial charge < -0.3 is 10.5 Å². The van der Waals surface area contributed by atoms with Gasteiger partial charge >= 0.3 is 0 Å². The molecule has 0 saturated heterocycles. The molecular weight excluding hydrogens is 254 g/mol. The zero-order valence-corrected chi connectivity index (χ0v) is 11.8. The van der Waals surface area contributed by atoms with Crippen molar-refractivity contribution >= 4 is 5.69 Å². The average molecular weight is 273 g/mol. The molecular formula is C14H19N5O. The van der Waals surface area contributed by atoms with Crippen LogP contribution in [0, 0.1) is 5.92 Å². The van der Waals surface area contributed by atoms with Crippen LogP contribution in [0.1, 0.15) is 32.2 Å². The molecule has 2 aromatic rings. The van der Waals surface area contributed by atoms with Gasteiger partial charge in [0.15, 0.2) is 5.82 Å². The highest BCUT2D eigenvalue weighted by Crippen LogP contribution is 2.39. The molecule has 0 bridgehead atoms. The molecule has 2 N–H and O–H groups in total. The van der Waals surface area contributed by atoms with Crippen molar-refractivity contribution in [3.05, 3.63) is 18.2 Å². The van der Waals surface area contributed by atoms with E-state index in [2.05, 4.69) is 22.4 Å². The minimum Gasteiger partial charge on any atom is -0.496 e. The number of nitrogens with two attached hydrogens (primary N) is 1. The first-order chi connectivity index (χ1) is 9.70. The fourth-order valence-electron chi connectivity index (χ4n) is 2.96. The van der Waals surface area contributed by atoms with Crippen LogP contribution in [0.3, 0.4) is 0 Å². The van der Waals surface area contributed by atoms with Crippen LogP contribution < -0.4 is 10.5 Å². The number of nitrogens with zero attached hydrogens (tertiary/aromatic N) is 4. The molecule has 0 aliphatic heterocycles. The van der Waals surface area contributed by atoms with Crippen LogP contribution in [0.4, 0.5) is 5.69 Å². The first-order valence-electron chi connectivity index (χ1n) is 6.91. The Morgan fingerprint density at radius 1 is 1.35 bits per heavy atom. The molecule has 20 heavy (non-hydrogen) atoms. The smallest absolute Gasteiger partial charge is 0.188 e. The molecule has 0 spiro atoms. The second kappa shape index (κ2) is 5.11. The number of rotatable bonds is 3. The van der Waals surface area contributed by atoms with Crippen LogP contribution >= 0.6 is 0 Å². The number of tetrazole rings is 1. The van der Waals surface area contributed by atoms with E-state index in [1.807, 2.05) is 22.9 Å². The van der Waals surface area contributed by atoms with Crippen molar-refractivity contribution in [2.24, 2.45) is 5.92 Å². The topological polar surface area (TPSA) is 78.8 Å². The number of aromatic nitrogens is 4. The maximum absolute atomic E-state index is 6.09.